The van der Waals surface area contributed by atoms with Gasteiger partial charge in [0.15, 0.2) is 0 Å². The van der Waals surface area contributed by atoms with Crippen LogP contribution in [0, 0.1) is 5.41 Å². The monoisotopic (exact) mass is 174 g/mol. The summed E-state index contributed by atoms with van der Waals surface area (Å²) in [5.74, 6) is -0.800. The highest BCUT2D eigenvalue weighted by atomic mass is 16.5. The van der Waals surface area contributed by atoms with Crippen molar-refractivity contribution >= 4 is 5.97 Å². The Bertz CT molecular complexity index is 135. The summed E-state index contributed by atoms with van der Waals surface area (Å²) in [6.07, 6.45) is 1.07. The van der Waals surface area contributed by atoms with Crippen molar-refractivity contribution in [2.75, 3.05) is 13.2 Å². The predicted octanol–water partition coefficient (Wildman–Crippen LogP) is 1.91. The molecule has 1 N–H and O–H groups in total. The molecular weight excluding hydrogens is 156 g/mol. The van der Waals surface area contributed by atoms with Gasteiger partial charge in [0.2, 0.25) is 0 Å². The van der Waals surface area contributed by atoms with E-state index in [1.807, 2.05) is 0 Å². The van der Waals surface area contributed by atoms with E-state index < -0.39 is 5.97 Å². The van der Waals surface area contributed by atoms with Crippen molar-refractivity contribution in [3.63, 3.8) is 0 Å². The van der Waals surface area contributed by atoms with Crippen molar-refractivity contribution in [3.8, 4) is 0 Å². The lowest BCUT2D eigenvalue weighted by Crippen LogP contribution is -2.11. The second-order valence-corrected chi connectivity index (χ2v) is 4.07. The van der Waals surface area contributed by atoms with Gasteiger partial charge < -0.3 is 9.84 Å². The molecule has 0 unspecified atom stereocenters. The van der Waals surface area contributed by atoms with E-state index in [-0.39, 0.29) is 11.8 Å². The highest BCUT2D eigenvalue weighted by molar-refractivity contribution is 5.66. The third-order valence-electron chi connectivity index (χ3n) is 1.46. The van der Waals surface area contributed by atoms with E-state index in [0.29, 0.717) is 13.2 Å². The van der Waals surface area contributed by atoms with E-state index in [1.165, 1.54) is 0 Å². The molecule has 3 heteroatoms. The number of rotatable bonds is 5. The van der Waals surface area contributed by atoms with Gasteiger partial charge in [-0.15, -0.1) is 0 Å². The van der Waals surface area contributed by atoms with Gasteiger partial charge in [0.25, 0.3) is 0 Å². The molecule has 0 aromatic heterocycles. The SMILES string of the molecule is CC(C)(C)CCOCCC(=O)O. The number of aliphatic carboxylic acids is 1. The zero-order valence-electron chi connectivity index (χ0n) is 8.09. The lowest BCUT2D eigenvalue weighted by Gasteiger charge is -2.17. The largest absolute Gasteiger partial charge is 0.481 e. The molecule has 0 aromatic rings. The number of carbonyl (C=O) groups is 1. The van der Waals surface area contributed by atoms with Gasteiger partial charge in [-0.05, 0) is 11.8 Å². The van der Waals surface area contributed by atoms with Crippen LogP contribution in [0.3, 0.4) is 0 Å². The van der Waals surface area contributed by atoms with Crippen LogP contribution >= 0.6 is 0 Å². The fourth-order valence-corrected chi connectivity index (χ4v) is 0.640. The summed E-state index contributed by atoms with van der Waals surface area (Å²) < 4.78 is 5.14. The van der Waals surface area contributed by atoms with E-state index in [0.717, 1.165) is 6.42 Å². The summed E-state index contributed by atoms with van der Waals surface area (Å²) in [7, 11) is 0. The first-order valence-electron chi connectivity index (χ1n) is 4.21. The van der Waals surface area contributed by atoms with Gasteiger partial charge in [-0.25, -0.2) is 0 Å². The van der Waals surface area contributed by atoms with Crippen molar-refractivity contribution in [2.45, 2.75) is 33.6 Å². The minimum absolute atomic E-state index is 0.101. The normalized spacial score (nSPS) is 11.6. The molecule has 0 aliphatic carbocycles. The Balaban J connectivity index is 3.17. The quantitative estimate of drug-likeness (QED) is 0.648. The molecule has 3 nitrogen and oxygen atoms in total. The summed E-state index contributed by atoms with van der Waals surface area (Å²) in [5, 5.41) is 8.29. The summed E-state index contributed by atoms with van der Waals surface area (Å²) in [6, 6.07) is 0. The van der Waals surface area contributed by atoms with Crippen LogP contribution in [0.1, 0.15) is 33.6 Å². The van der Waals surface area contributed by atoms with Crippen molar-refractivity contribution in [3.05, 3.63) is 0 Å². The number of hydrogen-bond donors (Lipinski definition) is 1. The van der Waals surface area contributed by atoms with Crippen molar-refractivity contribution in [1.82, 2.24) is 0 Å². The summed E-state index contributed by atoms with van der Waals surface area (Å²) in [5.41, 5.74) is 0.267. The van der Waals surface area contributed by atoms with Crippen LogP contribution in [-0.4, -0.2) is 24.3 Å². The zero-order chi connectivity index (χ0) is 9.61. The van der Waals surface area contributed by atoms with Crippen molar-refractivity contribution < 1.29 is 14.6 Å². The Hall–Kier alpha value is -0.570. The highest BCUT2D eigenvalue weighted by Crippen LogP contribution is 2.17. The van der Waals surface area contributed by atoms with E-state index in [4.69, 9.17) is 9.84 Å². The van der Waals surface area contributed by atoms with Crippen LogP contribution in [0.4, 0.5) is 0 Å². The molecule has 0 bridgehead atoms. The maximum atomic E-state index is 10.1. The fourth-order valence-electron chi connectivity index (χ4n) is 0.640. The zero-order valence-corrected chi connectivity index (χ0v) is 8.09. The molecule has 0 radical (unpaired) electrons. The number of hydrogen-bond acceptors (Lipinski definition) is 2. The van der Waals surface area contributed by atoms with Crippen molar-refractivity contribution in [2.24, 2.45) is 5.41 Å². The second-order valence-electron chi connectivity index (χ2n) is 4.07. The molecule has 0 aliphatic heterocycles. The maximum Gasteiger partial charge on any atom is 0.305 e. The Kier molecular flexibility index (Phi) is 4.90. The lowest BCUT2D eigenvalue weighted by atomic mass is 9.93. The van der Waals surface area contributed by atoms with Gasteiger partial charge in [0, 0.05) is 6.61 Å². The van der Waals surface area contributed by atoms with Gasteiger partial charge >= 0.3 is 5.97 Å². The fraction of sp³-hybridized carbons (Fsp3) is 0.889. The van der Waals surface area contributed by atoms with E-state index in [1.54, 1.807) is 0 Å². The Morgan fingerprint density at radius 1 is 1.33 bits per heavy atom. The molecule has 0 fully saturated rings. The first kappa shape index (κ1) is 11.4. The first-order chi connectivity index (χ1) is 5.42. The van der Waals surface area contributed by atoms with Gasteiger partial charge in [0.1, 0.15) is 0 Å². The molecule has 0 saturated heterocycles. The van der Waals surface area contributed by atoms with Crippen LogP contribution < -0.4 is 0 Å². The number of ether oxygens (including phenoxy) is 1. The summed E-state index contributed by atoms with van der Waals surface area (Å²) in [6.45, 7) is 7.37. The van der Waals surface area contributed by atoms with Gasteiger partial charge in [-0.2, -0.15) is 0 Å². The average Bonchev–Trinajstić information content (AvgIpc) is 1.83. The van der Waals surface area contributed by atoms with Crippen LogP contribution in [-0.2, 0) is 9.53 Å². The van der Waals surface area contributed by atoms with Gasteiger partial charge in [-0.1, -0.05) is 20.8 Å². The smallest absolute Gasteiger partial charge is 0.305 e. The van der Waals surface area contributed by atoms with E-state index in [9.17, 15) is 4.79 Å². The first-order valence-corrected chi connectivity index (χ1v) is 4.21. The summed E-state index contributed by atoms with van der Waals surface area (Å²) in [4.78, 5) is 10.1. The predicted molar refractivity (Wildman–Crippen MR) is 47.1 cm³/mol. The third kappa shape index (κ3) is 9.43. The molecule has 0 rings (SSSR count). The minimum Gasteiger partial charge on any atom is -0.481 e. The van der Waals surface area contributed by atoms with E-state index >= 15 is 0 Å². The molecule has 0 spiro atoms. The molecule has 0 atom stereocenters. The molecule has 0 aromatic carbocycles. The number of carboxylic acids is 1. The van der Waals surface area contributed by atoms with Crippen LogP contribution in [0.2, 0.25) is 0 Å². The Morgan fingerprint density at radius 3 is 2.33 bits per heavy atom. The lowest BCUT2D eigenvalue weighted by molar-refractivity contribution is -0.138. The highest BCUT2D eigenvalue weighted by Gasteiger charge is 2.09. The maximum absolute atomic E-state index is 10.1. The molecule has 0 amide bonds. The number of carboxylic acid groups (broad SMARTS) is 1. The standard InChI is InChI=1S/C9H18O3/c1-9(2,3)5-7-12-6-4-8(10)11/h4-7H2,1-3H3,(H,10,11). The molecular formula is C9H18O3. The molecule has 72 valence electrons. The minimum atomic E-state index is -0.800. The van der Waals surface area contributed by atoms with Crippen LogP contribution in [0.15, 0.2) is 0 Å². The summed E-state index contributed by atoms with van der Waals surface area (Å²) >= 11 is 0. The van der Waals surface area contributed by atoms with Gasteiger partial charge in [0.05, 0.1) is 13.0 Å². The van der Waals surface area contributed by atoms with Crippen molar-refractivity contribution in [1.29, 1.82) is 0 Å². The van der Waals surface area contributed by atoms with Crippen LogP contribution in [0.5, 0.6) is 0 Å². The Labute approximate surface area is 73.7 Å². The second kappa shape index (κ2) is 5.14. The van der Waals surface area contributed by atoms with E-state index in [2.05, 4.69) is 20.8 Å². The Morgan fingerprint density at radius 2 is 1.92 bits per heavy atom. The average molecular weight is 174 g/mol. The molecule has 0 aliphatic rings. The molecule has 0 heterocycles. The molecule has 0 saturated carbocycles. The van der Waals surface area contributed by atoms with Gasteiger partial charge in [-0.3, -0.25) is 4.79 Å². The topological polar surface area (TPSA) is 46.5 Å². The molecule has 12 heavy (non-hydrogen) atoms. The van der Waals surface area contributed by atoms with Crippen LogP contribution in [0.25, 0.3) is 0 Å². The third-order valence-corrected chi connectivity index (χ3v) is 1.46.